The Morgan fingerprint density at radius 1 is 1.73 bits per heavy atom. The first-order valence-electron chi connectivity index (χ1n) is 4.32. The molecule has 1 saturated carbocycles. The van der Waals surface area contributed by atoms with Crippen LogP contribution in [-0.4, -0.2) is 6.29 Å². The molecule has 0 saturated heterocycles. The molecule has 1 aliphatic carbocycles. The van der Waals surface area contributed by atoms with Crippen molar-refractivity contribution in [3.63, 3.8) is 0 Å². The van der Waals surface area contributed by atoms with Gasteiger partial charge in [-0.15, -0.1) is 6.58 Å². The molecule has 2 unspecified atom stereocenters. The van der Waals surface area contributed by atoms with E-state index in [0.717, 1.165) is 19.1 Å². The fraction of sp³-hybridized carbons (Fsp3) is 0.700. The number of aldehydes is 1. The van der Waals surface area contributed by atoms with Gasteiger partial charge in [0.15, 0.2) is 0 Å². The summed E-state index contributed by atoms with van der Waals surface area (Å²) in [5.74, 6) is 0.554. The number of hydrogen-bond acceptors (Lipinski definition) is 1. The van der Waals surface area contributed by atoms with Crippen LogP contribution < -0.4 is 0 Å². The molecule has 1 rings (SSSR count). The molecule has 1 fully saturated rings. The van der Waals surface area contributed by atoms with Gasteiger partial charge in [0.25, 0.3) is 0 Å². The Kier molecular flexibility index (Phi) is 2.48. The summed E-state index contributed by atoms with van der Waals surface area (Å²) in [5, 5.41) is 0. The van der Waals surface area contributed by atoms with Gasteiger partial charge < -0.3 is 4.79 Å². The van der Waals surface area contributed by atoms with E-state index in [1.165, 1.54) is 12.8 Å². The summed E-state index contributed by atoms with van der Waals surface area (Å²) in [4.78, 5) is 10.9. The Morgan fingerprint density at radius 3 is 2.82 bits per heavy atom. The van der Waals surface area contributed by atoms with E-state index in [1.807, 2.05) is 6.08 Å². The van der Waals surface area contributed by atoms with Crippen molar-refractivity contribution in [1.29, 1.82) is 0 Å². The molecule has 62 valence electrons. The maximum Gasteiger partial charge on any atom is 0.126 e. The highest BCUT2D eigenvalue weighted by atomic mass is 16.1. The van der Waals surface area contributed by atoms with E-state index in [4.69, 9.17) is 0 Å². The predicted molar refractivity (Wildman–Crippen MR) is 46.3 cm³/mol. The molecule has 0 aliphatic heterocycles. The zero-order valence-corrected chi connectivity index (χ0v) is 7.18. The van der Waals surface area contributed by atoms with Crippen LogP contribution in [0, 0.1) is 11.3 Å². The van der Waals surface area contributed by atoms with E-state index in [9.17, 15) is 4.79 Å². The Morgan fingerprint density at radius 2 is 2.45 bits per heavy atom. The summed E-state index contributed by atoms with van der Waals surface area (Å²) < 4.78 is 0. The van der Waals surface area contributed by atoms with Gasteiger partial charge >= 0.3 is 0 Å². The zero-order valence-electron chi connectivity index (χ0n) is 7.18. The van der Waals surface area contributed by atoms with Gasteiger partial charge in [0, 0.05) is 5.41 Å². The Bertz CT molecular complexity index is 162. The molecule has 0 N–H and O–H groups in total. The molecular weight excluding hydrogens is 136 g/mol. The molecule has 0 heterocycles. The van der Waals surface area contributed by atoms with E-state index in [1.54, 1.807) is 0 Å². The van der Waals surface area contributed by atoms with E-state index in [2.05, 4.69) is 13.5 Å². The molecule has 0 aromatic heterocycles. The summed E-state index contributed by atoms with van der Waals surface area (Å²) in [6, 6.07) is 0. The van der Waals surface area contributed by atoms with Crippen LogP contribution in [0.4, 0.5) is 0 Å². The maximum atomic E-state index is 10.9. The van der Waals surface area contributed by atoms with Crippen molar-refractivity contribution >= 4 is 6.29 Å². The standard InChI is InChI=1S/C10H16O/c1-3-6-10(8-11)7-4-5-9(10)2/h3,8-9H,1,4-7H2,2H3. The van der Waals surface area contributed by atoms with Crippen LogP contribution in [-0.2, 0) is 4.79 Å². The van der Waals surface area contributed by atoms with E-state index in [-0.39, 0.29) is 5.41 Å². The fourth-order valence-corrected chi connectivity index (χ4v) is 2.07. The van der Waals surface area contributed by atoms with Crippen LogP contribution in [0.1, 0.15) is 32.6 Å². The summed E-state index contributed by atoms with van der Waals surface area (Å²) in [6.07, 6.45) is 7.34. The van der Waals surface area contributed by atoms with Crippen molar-refractivity contribution in [2.24, 2.45) is 11.3 Å². The lowest BCUT2D eigenvalue weighted by molar-refractivity contribution is -0.117. The number of carbonyl (C=O) groups excluding carboxylic acids is 1. The number of hydrogen-bond donors (Lipinski definition) is 0. The molecule has 0 amide bonds. The summed E-state index contributed by atoms with van der Waals surface area (Å²) in [5.41, 5.74) is -0.0538. The van der Waals surface area contributed by atoms with Crippen LogP contribution in [0.5, 0.6) is 0 Å². The van der Waals surface area contributed by atoms with Crippen LogP contribution in [0.15, 0.2) is 12.7 Å². The van der Waals surface area contributed by atoms with Gasteiger partial charge in [0.1, 0.15) is 6.29 Å². The van der Waals surface area contributed by atoms with E-state index >= 15 is 0 Å². The first kappa shape index (κ1) is 8.51. The molecule has 0 aromatic rings. The van der Waals surface area contributed by atoms with Crippen molar-refractivity contribution in [2.45, 2.75) is 32.6 Å². The summed E-state index contributed by atoms with van der Waals surface area (Å²) in [6.45, 7) is 5.86. The second kappa shape index (κ2) is 3.21. The third kappa shape index (κ3) is 1.37. The minimum Gasteiger partial charge on any atom is -0.303 e. The lowest BCUT2D eigenvalue weighted by Gasteiger charge is -2.25. The third-order valence-electron chi connectivity index (χ3n) is 3.02. The Balaban J connectivity index is 2.72. The van der Waals surface area contributed by atoms with Crippen LogP contribution in [0.3, 0.4) is 0 Å². The highest BCUT2D eigenvalue weighted by Gasteiger charge is 2.38. The number of allylic oxidation sites excluding steroid dienone is 1. The fourth-order valence-electron chi connectivity index (χ4n) is 2.07. The zero-order chi connectivity index (χ0) is 8.32. The first-order valence-corrected chi connectivity index (χ1v) is 4.32. The molecule has 11 heavy (non-hydrogen) atoms. The van der Waals surface area contributed by atoms with Gasteiger partial charge in [-0.1, -0.05) is 19.4 Å². The molecule has 0 spiro atoms. The molecule has 0 radical (unpaired) electrons. The van der Waals surface area contributed by atoms with Crippen molar-refractivity contribution in [2.75, 3.05) is 0 Å². The average molecular weight is 152 g/mol. The number of rotatable bonds is 3. The van der Waals surface area contributed by atoms with Gasteiger partial charge in [-0.3, -0.25) is 0 Å². The van der Waals surface area contributed by atoms with Crippen molar-refractivity contribution < 1.29 is 4.79 Å². The maximum absolute atomic E-state index is 10.9. The van der Waals surface area contributed by atoms with Gasteiger partial charge in [-0.05, 0) is 25.2 Å². The van der Waals surface area contributed by atoms with E-state index < -0.39 is 0 Å². The number of carbonyl (C=O) groups is 1. The van der Waals surface area contributed by atoms with Crippen LogP contribution >= 0.6 is 0 Å². The van der Waals surface area contributed by atoms with Gasteiger partial charge in [-0.25, -0.2) is 0 Å². The molecule has 0 aromatic carbocycles. The summed E-state index contributed by atoms with van der Waals surface area (Å²) in [7, 11) is 0. The predicted octanol–water partition coefficient (Wildman–Crippen LogP) is 2.57. The quantitative estimate of drug-likeness (QED) is 0.448. The van der Waals surface area contributed by atoms with Crippen molar-refractivity contribution in [3.8, 4) is 0 Å². The van der Waals surface area contributed by atoms with Gasteiger partial charge in [-0.2, -0.15) is 0 Å². The Labute approximate surface area is 68.5 Å². The Hall–Kier alpha value is -0.590. The lowest BCUT2D eigenvalue weighted by Crippen LogP contribution is -2.24. The minimum absolute atomic E-state index is 0.0538. The minimum atomic E-state index is -0.0538. The van der Waals surface area contributed by atoms with E-state index in [0.29, 0.717) is 5.92 Å². The van der Waals surface area contributed by atoms with Crippen molar-refractivity contribution in [3.05, 3.63) is 12.7 Å². The molecule has 1 aliphatic rings. The largest absolute Gasteiger partial charge is 0.303 e. The smallest absolute Gasteiger partial charge is 0.126 e. The SMILES string of the molecule is C=CCC1(C=O)CCCC1C. The molecule has 1 nitrogen and oxygen atoms in total. The molecule has 1 heteroatoms. The van der Waals surface area contributed by atoms with Gasteiger partial charge in [0.2, 0.25) is 0 Å². The lowest BCUT2D eigenvalue weighted by atomic mass is 9.77. The second-order valence-corrected chi connectivity index (χ2v) is 3.64. The normalized spacial score (nSPS) is 37.0. The highest BCUT2D eigenvalue weighted by Crippen LogP contribution is 2.44. The third-order valence-corrected chi connectivity index (χ3v) is 3.02. The average Bonchev–Trinajstić information content (AvgIpc) is 2.35. The first-order chi connectivity index (χ1) is 5.25. The second-order valence-electron chi connectivity index (χ2n) is 3.64. The molecule has 2 atom stereocenters. The van der Waals surface area contributed by atoms with Crippen LogP contribution in [0.25, 0.3) is 0 Å². The summed E-state index contributed by atoms with van der Waals surface area (Å²) >= 11 is 0. The van der Waals surface area contributed by atoms with Crippen LogP contribution in [0.2, 0.25) is 0 Å². The molecule has 0 bridgehead atoms. The van der Waals surface area contributed by atoms with Gasteiger partial charge in [0.05, 0.1) is 0 Å². The monoisotopic (exact) mass is 152 g/mol. The highest BCUT2D eigenvalue weighted by molar-refractivity contribution is 5.60. The van der Waals surface area contributed by atoms with Crippen molar-refractivity contribution in [1.82, 2.24) is 0 Å². The topological polar surface area (TPSA) is 17.1 Å². The molecular formula is C10H16O.